The van der Waals surface area contributed by atoms with Crippen molar-refractivity contribution in [3.8, 4) is 0 Å². The van der Waals surface area contributed by atoms with Gasteiger partial charge < -0.3 is 4.90 Å². The van der Waals surface area contributed by atoms with Crippen molar-refractivity contribution in [1.29, 1.82) is 0 Å². The van der Waals surface area contributed by atoms with Gasteiger partial charge in [-0.05, 0) is 37.0 Å². The molecule has 0 radical (unpaired) electrons. The lowest BCUT2D eigenvalue weighted by atomic mass is 10.0. The summed E-state index contributed by atoms with van der Waals surface area (Å²) in [7, 11) is 0. The molecule has 1 aromatic carbocycles. The second kappa shape index (κ2) is 5.39. The van der Waals surface area contributed by atoms with Crippen LogP contribution in [0.3, 0.4) is 0 Å². The molecule has 0 fully saturated rings. The van der Waals surface area contributed by atoms with Crippen LogP contribution in [0.15, 0.2) is 18.2 Å². The Kier molecular flexibility index (Phi) is 4.14. The minimum atomic E-state index is -4.83. The van der Waals surface area contributed by atoms with E-state index in [1.807, 2.05) is 13.0 Å². The van der Waals surface area contributed by atoms with E-state index in [9.17, 15) is 18.0 Å². The standard InChI is InChI=1S/C14H15BrF3NO/c1-8(15)5-10-3-4-12-11(7-10)6-9(2)19(12)13(20)14(16,17)18/h3-4,7-9H,5-6H2,1-2H3. The van der Waals surface area contributed by atoms with Gasteiger partial charge in [0, 0.05) is 16.6 Å². The van der Waals surface area contributed by atoms with Crippen molar-refractivity contribution < 1.29 is 18.0 Å². The number of amides is 1. The van der Waals surface area contributed by atoms with Crippen LogP contribution in [0.2, 0.25) is 0 Å². The van der Waals surface area contributed by atoms with Crippen LogP contribution in [0.4, 0.5) is 18.9 Å². The first kappa shape index (κ1) is 15.4. The van der Waals surface area contributed by atoms with E-state index in [2.05, 4.69) is 15.9 Å². The third-order valence-electron chi connectivity index (χ3n) is 3.34. The van der Waals surface area contributed by atoms with Gasteiger partial charge in [-0.1, -0.05) is 35.0 Å². The Hall–Kier alpha value is -1.04. The quantitative estimate of drug-likeness (QED) is 0.742. The molecule has 0 aliphatic carbocycles. The number of fused-ring (bicyclic) bond motifs is 1. The molecule has 1 aliphatic heterocycles. The number of hydrogen-bond donors (Lipinski definition) is 0. The predicted molar refractivity (Wildman–Crippen MR) is 75.2 cm³/mol. The first-order valence-corrected chi connectivity index (χ1v) is 7.28. The molecule has 0 spiro atoms. The number of alkyl halides is 4. The molecule has 20 heavy (non-hydrogen) atoms. The van der Waals surface area contributed by atoms with Gasteiger partial charge in [-0.2, -0.15) is 13.2 Å². The summed E-state index contributed by atoms with van der Waals surface area (Å²) < 4.78 is 37.9. The maximum Gasteiger partial charge on any atom is 0.471 e. The number of hydrogen-bond acceptors (Lipinski definition) is 1. The van der Waals surface area contributed by atoms with Gasteiger partial charge in [0.1, 0.15) is 0 Å². The van der Waals surface area contributed by atoms with E-state index >= 15 is 0 Å². The highest BCUT2D eigenvalue weighted by Crippen LogP contribution is 2.36. The summed E-state index contributed by atoms with van der Waals surface area (Å²) in [5.41, 5.74) is 2.24. The monoisotopic (exact) mass is 349 g/mol. The zero-order valence-electron chi connectivity index (χ0n) is 11.2. The highest BCUT2D eigenvalue weighted by Gasteiger charge is 2.46. The molecule has 2 nitrogen and oxygen atoms in total. The topological polar surface area (TPSA) is 20.3 Å². The molecule has 110 valence electrons. The normalized spacial score (nSPS) is 19.9. The fourth-order valence-corrected chi connectivity index (χ4v) is 2.96. The van der Waals surface area contributed by atoms with E-state index in [0.717, 1.165) is 22.4 Å². The van der Waals surface area contributed by atoms with E-state index in [-0.39, 0.29) is 0 Å². The molecule has 1 aromatic rings. The second-order valence-corrected chi connectivity index (χ2v) is 6.74. The van der Waals surface area contributed by atoms with Gasteiger partial charge in [-0.25, -0.2) is 0 Å². The lowest BCUT2D eigenvalue weighted by Crippen LogP contribution is -2.44. The Bertz CT molecular complexity index is 528. The van der Waals surface area contributed by atoms with Crippen LogP contribution in [0.25, 0.3) is 0 Å². The average Bonchev–Trinajstić information content (AvgIpc) is 2.61. The average molecular weight is 350 g/mol. The SMILES string of the molecule is CC(Br)Cc1ccc2c(c1)CC(C)N2C(=O)C(F)(F)F. The fourth-order valence-electron chi connectivity index (χ4n) is 2.58. The molecular formula is C14H15BrF3NO. The van der Waals surface area contributed by atoms with Crippen molar-refractivity contribution in [1.82, 2.24) is 0 Å². The molecule has 0 saturated heterocycles. The van der Waals surface area contributed by atoms with Gasteiger partial charge in [-0.15, -0.1) is 0 Å². The van der Waals surface area contributed by atoms with Gasteiger partial charge in [0.15, 0.2) is 0 Å². The molecule has 2 rings (SSSR count). The molecule has 0 aromatic heterocycles. The summed E-state index contributed by atoms with van der Waals surface area (Å²) in [4.78, 5) is 12.7. The lowest BCUT2D eigenvalue weighted by Gasteiger charge is -2.23. The molecule has 1 amide bonds. The van der Waals surface area contributed by atoms with Gasteiger partial charge >= 0.3 is 12.1 Å². The number of carbonyl (C=O) groups is 1. The molecule has 1 aliphatic rings. The molecule has 1 heterocycles. The maximum atomic E-state index is 12.6. The first-order valence-electron chi connectivity index (χ1n) is 6.36. The summed E-state index contributed by atoms with van der Waals surface area (Å²) in [5, 5.41) is 0. The van der Waals surface area contributed by atoms with Crippen molar-refractivity contribution in [3.05, 3.63) is 29.3 Å². The summed E-state index contributed by atoms with van der Waals surface area (Å²) >= 11 is 3.45. The Morgan fingerprint density at radius 1 is 1.50 bits per heavy atom. The maximum absolute atomic E-state index is 12.6. The molecular weight excluding hydrogens is 335 g/mol. The van der Waals surface area contributed by atoms with Crippen molar-refractivity contribution in [2.45, 2.75) is 43.7 Å². The van der Waals surface area contributed by atoms with E-state index in [1.54, 1.807) is 19.1 Å². The van der Waals surface area contributed by atoms with Crippen LogP contribution in [-0.2, 0) is 17.6 Å². The highest BCUT2D eigenvalue weighted by atomic mass is 79.9. The minimum absolute atomic E-state index is 0.298. The zero-order valence-corrected chi connectivity index (χ0v) is 12.8. The van der Waals surface area contributed by atoms with Crippen LogP contribution < -0.4 is 4.90 Å². The Morgan fingerprint density at radius 3 is 2.70 bits per heavy atom. The molecule has 0 N–H and O–H groups in total. The molecule has 2 atom stereocenters. The van der Waals surface area contributed by atoms with Crippen molar-refractivity contribution in [2.75, 3.05) is 4.90 Å². The van der Waals surface area contributed by atoms with E-state index in [4.69, 9.17) is 0 Å². The molecule has 0 saturated carbocycles. The van der Waals surface area contributed by atoms with Crippen LogP contribution in [0.5, 0.6) is 0 Å². The van der Waals surface area contributed by atoms with E-state index in [1.165, 1.54) is 0 Å². The number of rotatable bonds is 2. The Labute approximate surface area is 124 Å². The van der Waals surface area contributed by atoms with Crippen LogP contribution in [-0.4, -0.2) is 23.0 Å². The summed E-state index contributed by atoms with van der Waals surface area (Å²) in [6.07, 6.45) is -3.57. The summed E-state index contributed by atoms with van der Waals surface area (Å²) in [5.74, 6) is -1.79. The lowest BCUT2D eigenvalue weighted by molar-refractivity contribution is -0.170. The molecule has 6 heteroatoms. The van der Waals surface area contributed by atoms with Crippen LogP contribution in [0, 0.1) is 0 Å². The third kappa shape index (κ3) is 3.00. The van der Waals surface area contributed by atoms with Gasteiger partial charge in [-0.3, -0.25) is 4.79 Å². The predicted octanol–water partition coefficient (Wildman–Crippen LogP) is 3.85. The van der Waals surface area contributed by atoms with Crippen LogP contribution >= 0.6 is 15.9 Å². The smallest absolute Gasteiger partial charge is 0.301 e. The Morgan fingerprint density at radius 2 is 2.15 bits per heavy atom. The van der Waals surface area contributed by atoms with Crippen LogP contribution in [0.1, 0.15) is 25.0 Å². The van der Waals surface area contributed by atoms with E-state index < -0.39 is 18.1 Å². The molecule has 0 bridgehead atoms. The fraction of sp³-hybridized carbons (Fsp3) is 0.500. The number of nitrogens with zero attached hydrogens (tertiary/aromatic N) is 1. The second-order valence-electron chi connectivity index (χ2n) is 5.17. The van der Waals surface area contributed by atoms with E-state index in [0.29, 0.717) is 16.9 Å². The Balaban J connectivity index is 2.32. The highest BCUT2D eigenvalue weighted by molar-refractivity contribution is 9.09. The number of halogens is 4. The number of benzene rings is 1. The largest absolute Gasteiger partial charge is 0.471 e. The summed E-state index contributed by atoms with van der Waals surface area (Å²) in [6.45, 7) is 3.64. The van der Waals surface area contributed by atoms with Gasteiger partial charge in [0.25, 0.3) is 0 Å². The third-order valence-corrected chi connectivity index (χ3v) is 3.66. The van der Waals surface area contributed by atoms with Gasteiger partial charge in [0.2, 0.25) is 0 Å². The minimum Gasteiger partial charge on any atom is -0.301 e. The summed E-state index contributed by atoms with van der Waals surface area (Å²) in [6, 6.07) is 4.84. The van der Waals surface area contributed by atoms with Crippen molar-refractivity contribution in [2.24, 2.45) is 0 Å². The van der Waals surface area contributed by atoms with Crippen molar-refractivity contribution >= 4 is 27.5 Å². The number of anilines is 1. The van der Waals surface area contributed by atoms with Crippen molar-refractivity contribution in [3.63, 3.8) is 0 Å². The first-order chi connectivity index (χ1) is 9.20. The van der Waals surface area contributed by atoms with Gasteiger partial charge in [0.05, 0.1) is 0 Å². The molecule has 2 unspecified atom stereocenters. The number of carbonyl (C=O) groups excluding carboxylic acids is 1. The zero-order chi connectivity index (χ0) is 15.1.